The number of anilines is 1. The molecule has 4 nitrogen and oxygen atoms in total. The van der Waals surface area contributed by atoms with Crippen LogP contribution in [-0.2, 0) is 0 Å². The van der Waals surface area contributed by atoms with Gasteiger partial charge in [0.15, 0.2) is 0 Å². The molecule has 2 aromatic rings. The lowest BCUT2D eigenvalue weighted by Gasteiger charge is -2.02. The molecule has 0 fully saturated rings. The predicted octanol–water partition coefficient (Wildman–Crippen LogP) is 2.72. The molecule has 0 aliphatic carbocycles. The van der Waals surface area contributed by atoms with Gasteiger partial charge < -0.3 is 5.32 Å². The van der Waals surface area contributed by atoms with E-state index in [4.69, 9.17) is 11.6 Å². The quantitative estimate of drug-likeness (QED) is 0.917. The second kappa shape index (κ2) is 4.72. The Morgan fingerprint density at radius 1 is 1.24 bits per heavy atom. The van der Waals surface area contributed by atoms with Gasteiger partial charge in [0.2, 0.25) is 9.47 Å². The van der Waals surface area contributed by atoms with E-state index in [0.29, 0.717) is 6.07 Å². The first-order valence-corrected chi connectivity index (χ1v) is 5.50. The maximum absolute atomic E-state index is 12.8. The lowest BCUT2D eigenvalue weighted by molar-refractivity contribution is 0.102. The number of rotatable bonds is 2. The highest BCUT2D eigenvalue weighted by Gasteiger charge is 2.13. The molecule has 0 aliphatic rings. The molecule has 0 bridgehead atoms. The number of halogens is 3. The third-order valence-corrected chi connectivity index (χ3v) is 2.73. The van der Waals surface area contributed by atoms with Crippen molar-refractivity contribution in [2.24, 2.45) is 0 Å². The largest absolute Gasteiger partial charge is 0.320 e. The van der Waals surface area contributed by atoms with E-state index >= 15 is 0 Å². The highest BCUT2D eigenvalue weighted by atomic mass is 35.5. The van der Waals surface area contributed by atoms with Crippen molar-refractivity contribution >= 4 is 34.5 Å². The number of amides is 1. The zero-order valence-corrected chi connectivity index (χ0v) is 9.65. The molecular formula is C9H4ClF2N3OS. The molecule has 8 heteroatoms. The molecule has 1 heterocycles. The summed E-state index contributed by atoms with van der Waals surface area (Å²) in [7, 11) is 0. The lowest BCUT2D eigenvalue weighted by atomic mass is 10.3. The summed E-state index contributed by atoms with van der Waals surface area (Å²) in [4.78, 5) is 11.5. The molecular weight excluding hydrogens is 272 g/mol. The number of hydrogen-bond acceptors (Lipinski definition) is 4. The van der Waals surface area contributed by atoms with Crippen molar-refractivity contribution in [2.45, 2.75) is 0 Å². The molecule has 1 amide bonds. The predicted molar refractivity (Wildman–Crippen MR) is 59.2 cm³/mol. The Balaban J connectivity index is 2.18. The Bertz CT molecular complexity index is 555. The van der Waals surface area contributed by atoms with Gasteiger partial charge in [-0.2, -0.15) is 0 Å². The Hall–Kier alpha value is -1.60. The molecule has 88 valence electrons. The van der Waals surface area contributed by atoms with Crippen LogP contribution in [0.1, 0.15) is 9.80 Å². The summed E-state index contributed by atoms with van der Waals surface area (Å²) in [5.74, 6) is -2.19. The molecule has 0 saturated heterocycles. The molecule has 0 radical (unpaired) electrons. The molecule has 0 unspecified atom stereocenters. The lowest BCUT2D eigenvalue weighted by Crippen LogP contribution is -2.11. The molecule has 0 atom stereocenters. The van der Waals surface area contributed by atoms with Crippen molar-refractivity contribution in [3.63, 3.8) is 0 Å². The van der Waals surface area contributed by atoms with E-state index in [2.05, 4.69) is 15.5 Å². The van der Waals surface area contributed by atoms with Crippen LogP contribution >= 0.6 is 22.9 Å². The van der Waals surface area contributed by atoms with Gasteiger partial charge in [-0.3, -0.25) is 4.79 Å². The van der Waals surface area contributed by atoms with Crippen LogP contribution in [0.25, 0.3) is 0 Å². The van der Waals surface area contributed by atoms with E-state index < -0.39 is 17.5 Å². The first-order valence-electron chi connectivity index (χ1n) is 4.31. The monoisotopic (exact) mass is 275 g/mol. The number of carbonyl (C=O) groups is 1. The maximum Gasteiger partial charge on any atom is 0.286 e. The molecule has 0 aliphatic heterocycles. The Kier molecular flexibility index (Phi) is 3.30. The summed E-state index contributed by atoms with van der Waals surface area (Å²) in [5, 5.41) is 9.23. The Morgan fingerprint density at radius 2 is 1.88 bits per heavy atom. The number of hydrogen-bond donors (Lipinski definition) is 1. The van der Waals surface area contributed by atoms with E-state index in [-0.39, 0.29) is 15.2 Å². The van der Waals surface area contributed by atoms with Crippen LogP contribution in [0.3, 0.4) is 0 Å². The van der Waals surface area contributed by atoms with E-state index in [1.165, 1.54) is 0 Å². The number of nitrogens with one attached hydrogen (secondary N) is 1. The van der Waals surface area contributed by atoms with Gasteiger partial charge in [0.25, 0.3) is 5.91 Å². The van der Waals surface area contributed by atoms with Crippen molar-refractivity contribution in [1.29, 1.82) is 0 Å². The Morgan fingerprint density at radius 3 is 2.41 bits per heavy atom. The minimum atomic E-state index is -0.782. The van der Waals surface area contributed by atoms with E-state index in [1.807, 2.05) is 0 Å². The van der Waals surface area contributed by atoms with Crippen LogP contribution in [0.5, 0.6) is 0 Å². The second-order valence-corrected chi connectivity index (χ2v) is 4.53. The van der Waals surface area contributed by atoms with Gasteiger partial charge in [-0.15, -0.1) is 10.2 Å². The van der Waals surface area contributed by atoms with Gasteiger partial charge in [-0.1, -0.05) is 11.3 Å². The highest BCUT2D eigenvalue weighted by Crippen LogP contribution is 2.18. The maximum atomic E-state index is 12.8. The minimum absolute atomic E-state index is 0.00109. The minimum Gasteiger partial charge on any atom is -0.320 e. The van der Waals surface area contributed by atoms with Gasteiger partial charge in [-0.05, 0) is 23.7 Å². The number of carbonyl (C=O) groups excluding carboxylic acids is 1. The Labute approximate surface area is 103 Å². The zero-order chi connectivity index (χ0) is 12.4. The van der Waals surface area contributed by atoms with Crippen LogP contribution in [0, 0.1) is 11.6 Å². The highest BCUT2D eigenvalue weighted by molar-refractivity contribution is 7.17. The third-order valence-electron chi connectivity index (χ3n) is 1.72. The van der Waals surface area contributed by atoms with Crippen molar-refractivity contribution in [1.82, 2.24) is 10.2 Å². The van der Waals surface area contributed by atoms with Crippen molar-refractivity contribution in [2.75, 3.05) is 5.32 Å². The number of benzene rings is 1. The van der Waals surface area contributed by atoms with E-state index in [9.17, 15) is 13.6 Å². The first-order chi connectivity index (χ1) is 8.04. The molecule has 0 saturated carbocycles. The zero-order valence-electron chi connectivity index (χ0n) is 8.08. The van der Waals surface area contributed by atoms with Gasteiger partial charge in [0.1, 0.15) is 11.6 Å². The third kappa shape index (κ3) is 2.95. The standard InChI is InChI=1S/C9H4ClF2N3OS/c10-9-15-14-8(17-9)7(16)13-6-2-4(11)1-5(12)3-6/h1-3H,(H,13,16). The fraction of sp³-hybridized carbons (Fsp3) is 0. The fourth-order valence-corrected chi connectivity index (χ4v) is 1.83. The van der Waals surface area contributed by atoms with Crippen LogP contribution in [0.2, 0.25) is 4.47 Å². The van der Waals surface area contributed by atoms with Gasteiger partial charge in [-0.25, -0.2) is 8.78 Å². The van der Waals surface area contributed by atoms with E-state index in [0.717, 1.165) is 23.5 Å². The van der Waals surface area contributed by atoms with Crippen molar-refractivity contribution in [3.05, 3.63) is 39.3 Å². The SMILES string of the molecule is O=C(Nc1cc(F)cc(F)c1)c1nnc(Cl)s1. The number of aromatic nitrogens is 2. The summed E-state index contributed by atoms with van der Waals surface area (Å²) in [6.45, 7) is 0. The topological polar surface area (TPSA) is 54.9 Å². The van der Waals surface area contributed by atoms with Crippen molar-refractivity contribution in [3.8, 4) is 0 Å². The molecule has 1 aromatic heterocycles. The van der Waals surface area contributed by atoms with Gasteiger partial charge in [0, 0.05) is 11.8 Å². The summed E-state index contributed by atoms with van der Waals surface area (Å²) in [5.41, 5.74) is -0.00109. The fourth-order valence-electron chi connectivity index (χ4n) is 1.11. The molecule has 0 spiro atoms. The number of nitrogens with zero attached hydrogens (tertiary/aromatic N) is 2. The van der Waals surface area contributed by atoms with Crippen LogP contribution in [-0.4, -0.2) is 16.1 Å². The molecule has 17 heavy (non-hydrogen) atoms. The van der Waals surface area contributed by atoms with Crippen LogP contribution in [0.4, 0.5) is 14.5 Å². The average molecular weight is 276 g/mol. The van der Waals surface area contributed by atoms with Crippen LogP contribution in [0.15, 0.2) is 18.2 Å². The summed E-state index contributed by atoms with van der Waals surface area (Å²) >= 11 is 6.37. The second-order valence-electron chi connectivity index (χ2n) is 2.97. The summed E-state index contributed by atoms with van der Waals surface area (Å²) < 4.78 is 25.8. The smallest absolute Gasteiger partial charge is 0.286 e. The van der Waals surface area contributed by atoms with Gasteiger partial charge >= 0.3 is 0 Å². The molecule has 2 rings (SSSR count). The first kappa shape index (κ1) is 11.9. The van der Waals surface area contributed by atoms with Crippen molar-refractivity contribution < 1.29 is 13.6 Å². The molecule has 1 aromatic carbocycles. The average Bonchev–Trinajstić information content (AvgIpc) is 2.63. The van der Waals surface area contributed by atoms with E-state index in [1.54, 1.807) is 0 Å². The van der Waals surface area contributed by atoms with Crippen LogP contribution < -0.4 is 5.32 Å². The summed E-state index contributed by atoms with van der Waals surface area (Å²) in [6.07, 6.45) is 0. The summed E-state index contributed by atoms with van der Waals surface area (Å²) in [6, 6.07) is 2.69. The normalized spacial score (nSPS) is 10.3. The van der Waals surface area contributed by atoms with Gasteiger partial charge in [0.05, 0.1) is 0 Å². The molecule has 1 N–H and O–H groups in total.